The van der Waals surface area contributed by atoms with Crippen molar-refractivity contribution >= 4 is 38.8 Å². The van der Waals surface area contributed by atoms with E-state index in [0.717, 1.165) is 27.4 Å². The number of nitrogens with zero attached hydrogens (tertiary/aromatic N) is 2. The Bertz CT molecular complexity index is 917. The summed E-state index contributed by atoms with van der Waals surface area (Å²) in [6, 6.07) is 5.90. The van der Waals surface area contributed by atoms with Crippen molar-refractivity contribution in [2.75, 3.05) is 17.7 Å². The molecule has 2 aromatic heterocycles. The van der Waals surface area contributed by atoms with Crippen LogP contribution in [0.1, 0.15) is 16.8 Å². The largest absolute Gasteiger partial charge is 0.483 e. The number of aryl methyl sites for hydroxylation is 3. The van der Waals surface area contributed by atoms with Crippen LogP contribution in [0, 0.1) is 20.8 Å². The van der Waals surface area contributed by atoms with Gasteiger partial charge in [-0.1, -0.05) is 23.5 Å². The van der Waals surface area contributed by atoms with E-state index in [-0.39, 0.29) is 12.5 Å². The number of nitrogens with two attached hydrogens (primary N) is 1. The van der Waals surface area contributed by atoms with E-state index in [1.165, 1.54) is 22.7 Å². The van der Waals surface area contributed by atoms with Crippen molar-refractivity contribution in [3.8, 4) is 16.3 Å². The van der Waals surface area contributed by atoms with E-state index in [0.29, 0.717) is 16.0 Å². The number of thiazole rings is 2. The van der Waals surface area contributed by atoms with E-state index in [1.54, 1.807) is 0 Å². The van der Waals surface area contributed by atoms with Crippen LogP contribution in [0.2, 0.25) is 0 Å². The van der Waals surface area contributed by atoms with E-state index in [2.05, 4.69) is 15.3 Å². The van der Waals surface area contributed by atoms with E-state index in [1.807, 2.05) is 44.4 Å². The molecule has 25 heavy (non-hydrogen) atoms. The topological polar surface area (TPSA) is 90.1 Å². The fourth-order valence-corrected chi connectivity index (χ4v) is 3.81. The molecule has 3 N–H and O–H groups in total. The van der Waals surface area contributed by atoms with Crippen molar-refractivity contribution in [3.05, 3.63) is 40.4 Å². The smallest absolute Gasteiger partial charge is 0.264 e. The first-order valence-corrected chi connectivity index (χ1v) is 9.30. The number of ether oxygens (including phenoxy) is 1. The Hall–Kier alpha value is -2.45. The van der Waals surface area contributed by atoms with Crippen LogP contribution in [0.3, 0.4) is 0 Å². The zero-order valence-corrected chi connectivity index (χ0v) is 15.8. The summed E-state index contributed by atoms with van der Waals surface area (Å²) in [5.74, 6) is 0.461. The van der Waals surface area contributed by atoms with Crippen LogP contribution in [-0.4, -0.2) is 22.5 Å². The lowest BCUT2D eigenvalue weighted by molar-refractivity contribution is -0.118. The molecule has 8 heteroatoms. The van der Waals surface area contributed by atoms with Crippen molar-refractivity contribution in [3.63, 3.8) is 0 Å². The zero-order chi connectivity index (χ0) is 18.0. The van der Waals surface area contributed by atoms with Crippen LogP contribution >= 0.6 is 22.7 Å². The van der Waals surface area contributed by atoms with Gasteiger partial charge in [0.05, 0.1) is 16.3 Å². The number of benzene rings is 1. The third kappa shape index (κ3) is 4.15. The number of aromatic nitrogens is 2. The number of carbonyl (C=O) groups is 1. The first-order valence-electron chi connectivity index (χ1n) is 7.61. The molecule has 0 aliphatic heterocycles. The summed E-state index contributed by atoms with van der Waals surface area (Å²) in [4.78, 5) is 21.7. The molecule has 2 heterocycles. The predicted molar refractivity (Wildman–Crippen MR) is 102 cm³/mol. The first-order chi connectivity index (χ1) is 11.9. The molecule has 0 saturated heterocycles. The monoisotopic (exact) mass is 374 g/mol. The number of rotatable bonds is 5. The highest BCUT2D eigenvalue weighted by Gasteiger charge is 2.14. The normalized spacial score (nSPS) is 10.7. The Balaban J connectivity index is 1.64. The summed E-state index contributed by atoms with van der Waals surface area (Å²) >= 11 is 2.75. The van der Waals surface area contributed by atoms with Crippen molar-refractivity contribution in [1.29, 1.82) is 0 Å². The summed E-state index contributed by atoms with van der Waals surface area (Å²) in [7, 11) is 0. The molecule has 0 spiro atoms. The molecule has 3 rings (SSSR count). The van der Waals surface area contributed by atoms with Gasteiger partial charge in [-0.2, -0.15) is 0 Å². The minimum atomic E-state index is -0.251. The molecule has 0 radical (unpaired) electrons. The van der Waals surface area contributed by atoms with Gasteiger partial charge < -0.3 is 10.5 Å². The molecule has 0 atom stereocenters. The van der Waals surface area contributed by atoms with Crippen molar-refractivity contribution in [1.82, 2.24) is 9.97 Å². The number of hydrogen-bond acceptors (Lipinski definition) is 7. The van der Waals surface area contributed by atoms with Crippen LogP contribution in [0.5, 0.6) is 5.75 Å². The average Bonchev–Trinajstić information content (AvgIpc) is 3.14. The molecule has 1 amide bonds. The SMILES string of the molecule is Cc1ccc(C)c(OCC(=O)Nc2nc(C)c(-c3csc(N)n3)s2)c1. The second kappa shape index (κ2) is 7.20. The molecule has 3 aromatic rings. The lowest BCUT2D eigenvalue weighted by Crippen LogP contribution is -2.20. The number of hydrogen-bond donors (Lipinski definition) is 2. The molecular formula is C17H18N4O2S2. The van der Waals surface area contributed by atoms with Crippen LogP contribution in [0.4, 0.5) is 10.3 Å². The Kier molecular flexibility index (Phi) is 5.00. The molecule has 6 nitrogen and oxygen atoms in total. The molecular weight excluding hydrogens is 356 g/mol. The van der Waals surface area contributed by atoms with Gasteiger partial charge in [-0.05, 0) is 38.0 Å². The Labute approximate surface area is 153 Å². The summed E-state index contributed by atoms with van der Waals surface area (Å²) in [5.41, 5.74) is 9.34. The summed E-state index contributed by atoms with van der Waals surface area (Å²) in [6.07, 6.45) is 0. The Morgan fingerprint density at radius 3 is 2.80 bits per heavy atom. The third-order valence-corrected chi connectivity index (χ3v) is 5.27. The van der Waals surface area contributed by atoms with Gasteiger partial charge in [0.1, 0.15) is 5.75 Å². The van der Waals surface area contributed by atoms with Gasteiger partial charge in [0.2, 0.25) is 0 Å². The third-order valence-electron chi connectivity index (χ3n) is 3.50. The van der Waals surface area contributed by atoms with E-state index >= 15 is 0 Å². The molecule has 1 aromatic carbocycles. The van der Waals surface area contributed by atoms with Crippen molar-refractivity contribution < 1.29 is 9.53 Å². The van der Waals surface area contributed by atoms with Crippen LogP contribution in [-0.2, 0) is 4.79 Å². The predicted octanol–water partition coefficient (Wildman–Crippen LogP) is 3.79. The number of carbonyl (C=O) groups excluding carboxylic acids is 1. The maximum Gasteiger partial charge on any atom is 0.264 e. The van der Waals surface area contributed by atoms with Crippen molar-refractivity contribution in [2.24, 2.45) is 0 Å². The number of nitrogen functional groups attached to an aromatic ring is 1. The first kappa shape index (κ1) is 17.4. The summed E-state index contributed by atoms with van der Waals surface area (Å²) < 4.78 is 5.61. The zero-order valence-electron chi connectivity index (χ0n) is 14.1. The van der Waals surface area contributed by atoms with Crippen molar-refractivity contribution in [2.45, 2.75) is 20.8 Å². The van der Waals surface area contributed by atoms with E-state index in [4.69, 9.17) is 10.5 Å². The number of amides is 1. The fraction of sp³-hybridized carbons (Fsp3) is 0.235. The second-order valence-electron chi connectivity index (χ2n) is 5.61. The van der Waals surface area contributed by atoms with E-state index < -0.39 is 0 Å². The van der Waals surface area contributed by atoms with Crippen LogP contribution in [0.15, 0.2) is 23.6 Å². The molecule has 0 aliphatic rings. The molecule has 0 unspecified atom stereocenters. The summed E-state index contributed by atoms with van der Waals surface area (Å²) in [6.45, 7) is 5.74. The highest BCUT2D eigenvalue weighted by atomic mass is 32.1. The highest BCUT2D eigenvalue weighted by molar-refractivity contribution is 7.19. The van der Waals surface area contributed by atoms with Gasteiger partial charge >= 0.3 is 0 Å². The quantitative estimate of drug-likeness (QED) is 0.709. The van der Waals surface area contributed by atoms with E-state index in [9.17, 15) is 4.79 Å². The Morgan fingerprint density at radius 1 is 1.28 bits per heavy atom. The average molecular weight is 374 g/mol. The molecule has 0 aliphatic carbocycles. The molecule has 0 fully saturated rings. The van der Waals surface area contributed by atoms with Gasteiger partial charge in [-0.3, -0.25) is 10.1 Å². The fourth-order valence-electron chi connectivity index (χ4n) is 2.24. The number of nitrogens with one attached hydrogen (secondary N) is 1. The van der Waals surface area contributed by atoms with Gasteiger partial charge in [0.15, 0.2) is 16.9 Å². The van der Waals surface area contributed by atoms with Crippen LogP contribution < -0.4 is 15.8 Å². The standard InChI is InChI=1S/C17H18N4O2S2/c1-9-4-5-10(2)13(6-9)23-7-14(22)21-17-19-11(3)15(25-17)12-8-24-16(18)20-12/h4-6,8H,7H2,1-3H3,(H2,18,20)(H,19,21,22). The second-order valence-corrected chi connectivity index (χ2v) is 7.50. The van der Waals surface area contributed by atoms with Gasteiger partial charge in [-0.25, -0.2) is 9.97 Å². The Morgan fingerprint density at radius 2 is 2.08 bits per heavy atom. The maximum absolute atomic E-state index is 12.1. The maximum atomic E-state index is 12.1. The molecule has 0 bridgehead atoms. The van der Waals surface area contributed by atoms with Gasteiger partial charge in [0.25, 0.3) is 5.91 Å². The highest BCUT2D eigenvalue weighted by Crippen LogP contribution is 2.33. The van der Waals surface area contributed by atoms with Gasteiger partial charge in [-0.15, -0.1) is 11.3 Å². The minimum absolute atomic E-state index is 0.0676. The van der Waals surface area contributed by atoms with Gasteiger partial charge in [0, 0.05) is 5.38 Å². The lowest BCUT2D eigenvalue weighted by Gasteiger charge is -2.09. The molecule has 130 valence electrons. The minimum Gasteiger partial charge on any atom is -0.483 e. The summed E-state index contributed by atoms with van der Waals surface area (Å²) in [5, 5.41) is 5.68. The van der Waals surface area contributed by atoms with Crippen LogP contribution in [0.25, 0.3) is 10.6 Å². The number of anilines is 2. The molecule has 0 saturated carbocycles. The lowest BCUT2D eigenvalue weighted by atomic mass is 10.1.